The monoisotopic (exact) mass is 528 g/mol. The van der Waals surface area contributed by atoms with Crippen LogP contribution in [0.15, 0.2) is 35.0 Å². The van der Waals surface area contributed by atoms with E-state index in [1.54, 1.807) is 6.07 Å². The molecule has 1 aromatic carbocycles. The highest BCUT2D eigenvalue weighted by molar-refractivity contribution is 5.76. The summed E-state index contributed by atoms with van der Waals surface area (Å²) in [5.41, 5.74) is 0.765. The predicted octanol–water partition coefficient (Wildman–Crippen LogP) is 0.621. The Morgan fingerprint density at radius 2 is 2.05 bits per heavy atom. The van der Waals surface area contributed by atoms with Gasteiger partial charge in [-0.05, 0) is 49.0 Å². The molecule has 3 atom stereocenters. The Bertz CT molecular complexity index is 1120. The van der Waals surface area contributed by atoms with E-state index in [2.05, 4.69) is 20.1 Å². The van der Waals surface area contributed by atoms with Crippen molar-refractivity contribution < 1.29 is 33.7 Å². The van der Waals surface area contributed by atoms with Crippen molar-refractivity contribution in [2.75, 3.05) is 32.8 Å². The average Bonchev–Trinajstić information content (AvgIpc) is 3.18. The van der Waals surface area contributed by atoms with Gasteiger partial charge in [0, 0.05) is 25.7 Å². The zero-order chi connectivity index (χ0) is 26.9. The number of benzene rings is 1. The zero-order valence-electron chi connectivity index (χ0n) is 21.0. The third kappa shape index (κ3) is 6.97. The molecule has 0 saturated carbocycles. The zero-order valence-corrected chi connectivity index (χ0v) is 21.0. The summed E-state index contributed by atoms with van der Waals surface area (Å²) in [6.07, 6.45) is 4.15. The van der Waals surface area contributed by atoms with Crippen LogP contribution in [0.5, 0.6) is 5.88 Å². The first-order valence-electron chi connectivity index (χ1n) is 12.8. The summed E-state index contributed by atoms with van der Waals surface area (Å²) in [6, 6.07) is 9.91. The first-order valence-corrected chi connectivity index (χ1v) is 12.8. The molecule has 13 nitrogen and oxygen atoms in total. The summed E-state index contributed by atoms with van der Waals surface area (Å²) in [7, 11) is 0. The Balaban J connectivity index is 1.39. The smallest absolute Gasteiger partial charge is 0.391 e. The number of nitriles is 1. The molecular weight excluding hydrogens is 496 g/mol. The highest BCUT2D eigenvalue weighted by Gasteiger charge is 2.38. The second-order valence-electron chi connectivity index (χ2n) is 9.35. The number of nitrogens with zero attached hydrogens (tertiary/aromatic N) is 5. The second-order valence-corrected chi connectivity index (χ2v) is 9.35. The molecule has 4 rings (SSSR count). The Morgan fingerprint density at radius 1 is 1.26 bits per heavy atom. The molecule has 2 N–H and O–H groups in total. The number of hydrazine groups is 1. The van der Waals surface area contributed by atoms with E-state index in [9.17, 15) is 19.9 Å². The Morgan fingerprint density at radius 3 is 2.82 bits per heavy atom. The van der Waals surface area contributed by atoms with Gasteiger partial charge in [0.1, 0.15) is 25.3 Å². The van der Waals surface area contributed by atoms with Gasteiger partial charge in [-0.2, -0.15) is 5.26 Å². The standard InChI is InChI=1S/C25H32N6O7/c26-17-21-23(31(35)38-28-21)36-14-15-37-25(34)20(9-8-18-6-2-1-3-7-18)27-19-10-13-29-11-4-5-12-30(29)22(16-19)24(32)33/h1-3,6-7,19-20,22,27H,4-5,8-16H2,(H,32,33)/t19-,20-,22+/m0/s1. The predicted molar refractivity (Wildman–Crippen MR) is 130 cm³/mol. The minimum atomic E-state index is -0.868. The summed E-state index contributed by atoms with van der Waals surface area (Å²) in [5.74, 6) is -1.77. The van der Waals surface area contributed by atoms with E-state index in [-0.39, 0.29) is 29.9 Å². The average molecular weight is 529 g/mol. The van der Waals surface area contributed by atoms with Crippen molar-refractivity contribution in [1.29, 1.82) is 5.26 Å². The third-order valence-electron chi connectivity index (χ3n) is 6.84. The number of carbonyl (C=O) groups is 2. The van der Waals surface area contributed by atoms with Crippen molar-refractivity contribution in [2.45, 2.75) is 56.7 Å². The second kappa shape index (κ2) is 13.2. The van der Waals surface area contributed by atoms with Crippen LogP contribution in [0, 0.1) is 16.5 Å². The van der Waals surface area contributed by atoms with E-state index in [0.717, 1.165) is 24.9 Å². The summed E-state index contributed by atoms with van der Waals surface area (Å²) in [4.78, 5) is 25.2. The lowest BCUT2D eigenvalue weighted by Gasteiger charge is -2.40. The molecule has 1 aromatic heterocycles. The van der Waals surface area contributed by atoms with Crippen LogP contribution in [0.1, 0.15) is 43.4 Å². The van der Waals surface area contributed by atoms with E-state index in [0.29, 0.717) is 38.8 Å². The molecule has 2 fully saturated rings. The highest BCUT2D eigenvalue weighted by Crippen LogP contribution is 2.24. The number of aliphatic carboxylic acids is 1. The summed E-state index contributed by atoms with van der Waals surface area (Å²) in [5, 5.41) is 41.2. The van der Waals surface area contributed by atoms with E-state index in [4.69, 9.17) is 14.7 Å². The fourth-order valence-electron chi connectivity index (χ4n) is 4.95. The van der Waals surface area contributed by atoms with E-state index >= 15 is 0 Å². The summed E-state index contributed by atoms with van der Waals surface area (Å²) < 4.78 is 15.0. The fourth-order valence-corrected chi connectivity index (χ4v) is 4.95. The fraction of sp³-hybridized carbons (Fsp3) is 0.560. The molecule has 3 heterocycles. The topological polar surface area (TPSA) is 168 Å². The van der Waals surface area contributed by atoms with Crippen LogP contribution < -0.4 is 15.0 Å². The minimum absolute atomic E-state index is 0.0286. The molecule has 2 aliphatic heterocycles. The summed E-state index contributed by atoms with van der Waals surface area (Å²) in [6.45, 7) is 1.92. The molecule has 38 heavy (non-hydrogen) atoms. The number of rotatable bonds is 11. The van der Waals surface area contributed by atoms with Crippen LogP contribution in [0.2, 0.25) is 0 Å². The maximum atomic E-state index is 13.1. The third-order valence-corrected chi connectivity index (χ3v) is 6.84. The van der Waals surface area contributed by atoms with Crippen molar-refractivity contribution in [3.05, 3.63) is 46.8 Å². The molecule has 2 saturated heterocycles. The number of hydrogen-bond acceptors (Lipinski definition) is 11. The van der Waals surface area contributed by atoms with Crippen molar-refractivity contribution in [2.24, 2.45) is 0 Å². The molecule has 0 amide bonds. The van der Waals surface area contributed by atoms with Gasteiger partial charge >= 0.3 is 23.5 Å². The van der Waals surface area contributed by atoms with Gasteiger partial charge < -0.3 is 25.1 Å². The largest absolute Gasteiger partial charge is 0.480 e. The van der Waals surface area contributed by atoms with Gasteiger partial charge in [-0.1, -0.05) is 30.3 Å². The van der Waals surface area contributed by atoms with Crippen LogP contribution in [-0.2, 0) is 20.7 Å². The lowest BCUT2D eigenvalue weighted by atomic mass is 10.0. The molecule has 0 unspecified atom stereocenters. The molecule has 0 spiro atoms. The lowest BCUT2D eigenvalue weighted by Crippen LogP contribution is -2.54. The Hall–Kier alpha value is -3.73. The molecule has 2 aromatic rings. The molecule has 13 heteroatoms. The maximum absolute atomic E-state index is 13.1. The molecule has 0 bridgehead atoms. The number of fused-ring (bicyclic) bond motifs is 1. The van der Waals surface area contributed by atoms with Crippen LogP contribution in [0.3, 0.4) is 0 Å². The van der Waals surface area contributed by atoms with Gasteiger partial charge in [-0.25, -0.2) is 10.0 Å². The van der Waals surface area contributed by atoms with Gasteiger partial charge in [0.05, 0.1) is 5.16 Å². The molecular formula is C25H32N6O7. The molecule has 0 radical (unpaired) electrons. The van der Waals surface area contributed by atoms with E-state index < -0.39 is 29.9 Å². The van der Waals surface area contributed by atoms with Crippen LogP contribution in [0.25, 0.3) is 0 Å². The number of aromatic nitrogens is 2. The van der Waals surface area contributed by atoms with Crippen LogP contribution in [-0.4, -0.2) is 83.2 Å². The number of carboxylic acid groups (broad SMARTS) is 1. The lowest BCUT2D eigenvalue weighted by molar-refractivity contribution is -0.805. The van der Waals surface area contributed by atoms with Crippen molar-refractivity contribution in [3.8, 4) is 11.9 Å². The van der Waals surface area contributed by atoms with E-state index in [1.807, 2.05) is 35.3 Å². The number of nitrogens with one attached hydrogen (secondary N) is 1. The number of esters is 1. The van der Waals surface area contributed by atoms with Crippen LogP contribution >= 0.6 is 0 Å². The maximum Gasteiger partial charge on any atom is 0.391 e. The van der Waals surface area contributed by atoms with Gasteiger partial charge in [0.15, 0.2) is 6.07 Å². The quantitative estimate of drug-likeness (QED) is 0.237. The first kappa shape index (κ1) is 27.3. The number of ether oxygens (including phenoxy) is 2. The molecule has 2 aliphatic rings. The van der Waals surface area contributed by atoms with Gasteiger partial charge in [0.2, 0.25) is 0 Å². The van der Waals surface area contributed by atoms with Gasteiger partial charge in [0.25, 0.3) is 0 Å². The minimum Gasteiger partial charge on any atom is -0.480 e. The van der Waals surface area contributed by atoms with Crippen molar-refractivity contribution in [3.63, 3.8) is 0 Å². The van der Waals surface area contributed by atoms with Gasteiger partial charge in [-0.3, -0.25) is 14.2 Å². The Kier molecular flexibility index (Phi) is 9.47. The SMILES string of the molecule is N#Cc1no[n+]([O-])c1OCCOC(=O)[C@H](CCc1ccccc1)N[C@H]1CCN2CCCCN2[C@@H](C(=O)O)C1. The summed E-state index contributed by atoms with van der Waals surface area (Å²) >= 11 is 0. The van der Waals surface area contributed by atoms with Crippen LogP contribution in [0.4, 0.5) is 0 Å². The number of hydrogen-bond donors (Lipinski definition) is 2. The van der Waals surface area contributed by atoms with Crippen molar-refractivity contribution >= 4 is 11.9 Å². The first-order chi connectivity index (χ1) is 18.5. The van der Waals surface area contributed by atoms with Crippen molar-refractivity contribution in [1.82, 2.24) is 20.5 Å². The Labute approximate surface area is 220 Å². The van der Waals surface area contributed by atoms with E-state index in [1.165, 1.54) is 0 Å². The van der Waals surface area contributed by atoms with Gasteiger partial charge in [-0.15, -0.1) is 0 Å². The number of aryl methyl sites for hydroxylation is 1. The number of carboxylic acids is 1. The molecule has 204 valence electrons. The normalized spacial score (nSPS) is 21.0. The highest BCUT2D eigenvalue weighted by atomic mass is 16.8. The number of carbonyl (C=O) groups excluding carboxylic acids is 1. The molecule has 0 aliphatic carbocycles.